The lowest BCUT2D eigenvalue weighted by Crippen LogP contribution is -2.33. The van der Waals surface area contributed by atoms with Crippen molar-refractivity contribution in [3.05, 3.63) is 12.7 Å². The summed E-state index contributed by atoms with van der Waals surface area (Å²) in [6.45, 7) is 5.00. The molecule has 0 aromatic heterocycles. The van der Waals surface area contributed by atoms with Crippen molar-refractivity contribution in [1.82, 2.24) is 5.32 Å². The molecule has 2 aliphatic rings. The largest absolute Gasteiger partial charge is 0.313 e. The Morgan fingerprint density at radius 3 is 2.27 bits per heavy atom. The fourth-order valence-corrected chi connectivity index (χ4v) is 2.49. The SMILES string of the molecule is C=CCCCCCNC(C1CC1)C1CC1. The molecule has 2 saturated carbocycles. The minimum Gasteiger partial charge on any atom is -0.313 e. The first kappa shape index (κ1) is 11.2. The smallest absolute Gasteiger partial charge is 0.0124 e. The van der Waals surface area contributed by atoms with E-state index < -0.39 is 0 Å². The summed E-state index contributed by atoms with van der Waals surface area (Å²) in [5, 5.41) is 3.79. The van der Waals surface area contributed by atoms with Crippen molar-refractivity contribution in [2.24, 2.45) is 11.8 Å². The van der Waals surface area contributed by atoms with Gasteiger partial charge in [-0.15, -0.1) is 6.58 Å². The van der Waals surface area contributed by atoms with Gasteiger partial charge < -0.3 is 5.32 Å². The van der Waals surface area contributed by atoms with Gasteiger partial charge in [0.25, 0.3) is 0 Å². The highest BCUT2D eigenvalue weighted by molar-refractivity contribution is 4.96. The molecule has 0 spiro atoms. The summed E-state index contributed by atoms with van der Waals surface area (Å²) < 4.78 is 0. The van der Waals surface area contributed by atoms with Crippen LogP contribution in [-0.2, 0) is 0 Å². The number of allylic oxidation sites excluding steroid dienone is 1. The van der Waals surface area contributed by atoms with Gasteiger partial charge in [0.15, 0.2) is 0 Å². The van der Waals surface area contributed by atoms with E-state index in [9.17, 15) is 0 Å². The summed E-state index contributed by atoms with van der Waals surface area (Å²) in [7, 11) is 0. The Morgan fingerprint density at radius 2 is 1.73 bits per heavy atom. The van der Waals surface area contributed by atoms with Crippen LogP contribution in [0.3, 0.4) is 0 Å². The van der Waals surface area contributed by atoms with Crippen molar-refractivity contribution in [3.63, 3.8) is 0 Å². The molecule has 0 atom stereocenters. The highest BCUT2D eigenvalue weighted by atomic mass is 14.9. The van der Waals surface area contributed by atoms with E-state index >= 15 is 0 Å². The molecule has 2 aliphatic carbocycles. The maximum Gasteiger partial charge on any atom is 0.0124 e. The van der Waals surface area contributed by atoms with Crippen LogP contribution >= 0.6 is 0 Å². The van der Waals surface area contributed by atoms with Gasteiger partial charge in [-0.2, -0.15) is 0 Å². The van der Waals surface area contributed by atoms with Crippen molar-refractivity contribution >= 4 is 0 Å². The maximum absolute atomic E-state index is 3.79. The first-order valence-electron chi connectivity index (χ1n) is 6.76. The Balaban J connectivity index is 1.50. The van der Waals surface area contributed by atoms with Crippen LogP contribution in [0.2, 0.25) is 0 Å². The third-order valence-electron chi connectivity index (χ3n) is 3.72. The molecule has 1 nitrogen and oxygen atoms in total. The zero-order chi connectivity index (χ0) is 10.5. The molecule has 1 N–H and O–H groups in total. The molecule has 15 heavy (non-hydrogen) atoms. The predicted molar refractivity (Wildman–Crippen MR) is 65.9 cm³/mol. The molecule has 1 heteroatoms. The summed E-state index contributed by atoms with van der Waals surface area (Å²) in [6, 6.07) is 0.893. The van der Waals surface area contributed by atoms with Crippen LogP contribution in [0.25, 0.3) is 0 Å². The average molecular weight is 207 g/mol. The predicted octanol–water partition coefficient (Wildman–Crippen LogP) is 3.51. The standard InChI is InChI=1S/C14H25N/c1-2-3-4-5-6-11-15-14(12-7-8-12)13-9-10-13/h2,12-15H,1,3-11H2. The molecule has 0 radical (unpaired) electrons. The Kier molecular flexibility index (Phi) is 4.25. The second-order valence-corrected chi connectivity index (χ2v) is 5.29. The third-order valence-corrected chi connectivity index (χ3v) is 3.72. The molecule has 0 heterocycles. The minimum atomic E-state index is 0.893. The van der Waals surface area contributed by atoms with E-state index in [1.165, 1.54) is 57.9 Å². The van der Waals surface area contributed by atoms with Crippen molar-refractivity contribution < 1.29 is 0 Å². The Labute approximate surface area is 94.3 Å². The van der Waals surface area contributed by atoms with Gasteiger partial charge in [0, 0.05) is 6.04 Å². The van der Waals surface area contributed by atoms with Crippen LogP contribution in [0.1, 0.15) is 51.4 Å². The second kappa shape index (κ2) is 5.69. The van der Waals surface area contributed by atoms with Crippen molar-refractivity contribution in [2.75, 3.05) is 6.54 Å². The molecule has 0 saturated heterocycles. The number of unbranched alkanes of at least 4 members (excludes halogenated alkanes) is 3. The maximum atomic E-state index is 3.79. The first-order chi connectivity index (χ1) is 7.42. The highest BCUT2D eigenvalue weighted by Crippen LogP contribution is 2.44. The van der Waals surface area contributed by atoms with E-state index in [0.717, 1.165) is 17.9 Å². The van der Waals surface area contributed by atoms with Crippen molar-refractivity contribution in [1.29, 1.82) is 0 Å². The lowest BCUT2D eigenvalue weighted by atomic mass is 10.1. The average Bonchev–Trinajstić information content (AvgIpc) is 3.09. The summed E-state index contributed by atoms with van der Waals surface area (Å²) in [4.78, 5) is 0. The van der Waals surface area contributed by atoms with E-state index in [1.54, 1.807) is 0 Å². The normalized spacial score (nSPS) is 20.9. The molecule has 0 unspecified atom stereocenters. The number of hydrogen-bond acceptors (Lipinski definition) is 1. The summed E-state index contributed by atoms with van der Waals surface area (Å²) in [6.07, 6.45) is 13.2. The molecular formula is C14H25N. The van der Waals surface area contributed by atoms with Crippen LogP contribution in [-0.4, -0.2) is 12.6 Å². The first-order valence-corrected chi connectivity index (χ1v) is 6.76. The Morgan fingerprint density at radius 1 is 1.07 bits per heavy atom. The van der Waals surface area contributed by atoms with Gasteiger partial charge in [0.05, 0.1) is 0 Å². The molecule has 2 fully saturated rings. The molecule has 0 aromatic carbocycles. The number of hydrogen-bond donors (Lipinski definition) is 1. The van der Waals surface area contributed by atoms with Crippen LogP contribution in [0, 0.1) is 11.8 Å². The molecule has 0 aromatic rings. The van der Waals surface area contributed by atoms with E-state index in [-0.39, 0.29) is 0 Å². The van der Waals surface area contributed by atoms with E-state index in [2.05, 4.69) is 11.9 Å². The zero-order valence-electron chi connectivity index (χ0n) is 9.88. The van der Waals surface area contributed by atoms with Crippen LogP contribution in [0.15, 0.2) is 12.7 Å². The minimum absolute atomic E-state index is 0.893. The fraction of sp³-hybridized carbons (Fsp3) is 0.857. The lowest BCUT2D eigenvalue weighted by Gasteiger charge is -2.17. The highest BCUT2D eigenvalue weighted by Gasteiger charge is 2.40. The van der Waals surface area contributed by atoms with Gasteiger partial charge in [0.2, 0.25) is 0 Å². The Bertz CT molecular complexity index is 180. The van der Waals surface area contributed by atoms with Crippen LogP contribution in [0.5, 0.6) is 0 Å². The van der Waals surface area contributed by atoms with Gasteiger partial charge in [-0.3, -0.25) is 0 Å². The van der Waals surface area contributed by atoms with E-state index in [0.29, 0.717) is 0 Å². The number of nitrogens with one attached hydrogen (secondary N) is 1. The Hall–Kier alpha value is -0.300. The van der Waals surface area contributed by atoms with Crippen molar-refractivity contribution in [2.45, 2.75) is 57.4 Å². The van der Waals surface area contributed by atoms with Crippen LogP contribution < -0.4 is 5.32 Å². The zero-order valence-corrected chi connectivity index (χ0v) is 9.88. The van der Waals surface area contributed by atoms with Gasteiger partial charge in [0.1, 0.15) is 0 Å². The number of rotatable bonds is 9. The van der Waals surface area contributed by atoms with Gasteiger partial charge in [-0.1, -0.05) is 12.5 Å². The molecule has 0 aliphatic heterocycles. The molecule has 86 valence electrons. The van der Waals surface area contributed by atoms with Gasteiger partial charge >= 0.3 is 0 Å². The molecule has 2 rings (SSSR count). The second-order valence-electron chi connectivity index (χ2n) is 5.29. The van der Waals surface area contributed by atoms with E-state index in [1.807, 2.05) is 6.08 Å². The van der Waals surface area contributed by atoms with Crippen molar-refractivity contribution in [3.8, 4) is 0 Å². The summed E-state index contributed by atoms with van der Waals surface area (Å²) in [5.74, 6) is 2.09. The molecule has 0 amide bonds. The third kappa shape index (κ3) is 3.98. The van der Waals surface area contributed by atoms with Gasteiger partial charge in [-0.25, -0.2) is 0 Å². The summed E-state index contributed by atoms with van der Waals surface area (Å²) >= 11 is 0. The summed E-state index contributed by atoms with van der Waals surface area (Å²) in [5.41, 5.74) is 0. The fourth-order valence-electron chi connectivity index (χ4n) is 2.49. The monoisotopic (exact) mass is 207 g/mol. The van der Waals surface area contributed by atoms with E-state index in [4.69, 9.17) is 0 Å². The van der Waals surface area contributed by atoms with Gasteiger partial charge in [-0.05, 0) is 63.3 Å². The lowest BCUT2D eigenvalue weighted by molar-refractivity contribution is 0.410. The quantitative estimate of drug-likeness (QED) is 0.450. The topological polar surface area (TPSA) is 12.0 Å². The molecule has 0 bridgehead atoms. The molecular weight excluding hydrogens is 182 g/mol. The van der Waals surface area contributed by atoms with Crippen LogP contribution in [0.4, 0.5) is 0 Å².